The highest BCUT2D eigenvalue weighted by molar-refractivity contribution is 7.10. The molecule has 1 amide bonds. The van der Waals surface area contributed by atoms with Crippen LogP contribution in [-0.4, -0.2) is 33.8 Å². The molecule has 4 aromatic rings. The van der Waals surface area contributed by atoms with Gasteiger partial charge in [-0.3, -0.25) is 15.1 Å². The van der Waals surface area contributed by atoms with Crippen molar-refractivity contribution in [2.45, 2.75) is 18.4 Å². The molecule has 150 valence electrons. The number of aromatic nitrogens is 2. The number of nitrogens with one attached hydrogen (secondary N) is 2. The fourth-order valence-electron chi connectivity index (χ4n) is 3.99. The lowest BCUT2D eigenvalue weighted by Crippen LogP contribution is -2.62. The molecular formula is C22H19N5O2S. The van der Waals surface area contributed by atoms with E-state index in [2.05, 4.69) is 15.3 Å². The zero-order valence-electron chi connectivity index (χ0n) is 16.4. The number of carbonyl (C=O) groups is 1. The minimum Gasteiger partial charge on any atom is -0.464 e. The number of thiophene rings is 1. The molecule has 8 heteroatoms. The maximum Gasteiger partial charge on any atom is 0.239 e. The topological polar surface area (TPSA) is 95.1 Å². The van der Waals surface area contributed by atoms with Crippen molar-refractivity contribution in [1.82, 2.24) is 20.2 Å². The maximum atomic E-state index is 13.4. The van der Waals surface area contributed by atoms with Crippen molar-refractivity contribution in [2.24, 2.45) is 0 Å². The first-order valence-electron chi connectivity index (χ1n) is 9.43. The van der Waals surface area contributed by atoms with E-state index >= 15 is 0 Å². The van der Waals surface area contributed by atoms with Crippen molar-refractivity contribution in [2.75, 3.05) is 7.05 Å². The molecule has 3 aromatic heterocycles. The molecule has 1 aliphatic rings. The molecule has 0 unspecified atom stereocenters. The molecule has 2 atom stereocenters. The van der Waals surface area contributed by atoms with Crippen molar-refractivity contribution in [3.8, 4) is 11.1 Å². The Balaban J connectivity index is 1.64. The number of furan rings is 1. The molecule has 2 N–H and O–H groups in total. The van der Waals surface area contributed by atoms with E-state index in [1.54, 1.807) is 37.0 Å². The maximum absolute atomic E-state index is 13.4. The normalized spacial score (nSPS) is 21.8. The standard InChI is InChI=1S/C22H19N5O2S/c1-22(18-8-15(11-30-18)16-9-24-12-25-10-16)19(20(28)27(2)21(23)26-22)14-4-3-13-5-6-29-17(13)7-14/h3-12,19H,1-2H3,(H2,23,26)/t19-,22+/m0/s1. The Labute approximate surface area is 176 Å². The second-order valence-electron chi connectivity index (χ2n) is 7.55. The minimum absolute atomic E-state index is 0.0795. The molecule has 7 nitrogen and oxygen atoms in total. The second kappa shape index (κ2) is 6.77. The average Bonchev–Trinajstić information content (AvgIpc) is 3.42. The fraction of sp³-hybridized carbons (Fsp3) is 0.182. The van der Waals surface area contributed by atoms with Crippen LogP contribution < -0.4 is 5.32 Å². The first-order valence-corrected chi connectivity index (χ1v) is 10.3. The third-order valence-corrected chi connectivity index (χ3v) is 6.85. The molecule has 4 heterocycles. The van der Waals surface area contributed by atoms with Crippen LogP contribution in [0.3, 0.4) is 0 Å². The van der Waals surface area contributed by atoms with Crippen molar-refractivity contribution in [3.63, 3.8) is 0 Å². The van der Waals surface area contributed by atoms with Crippen LogP contribution in [0.5, 0.6) is 0 Å². The van der Waals surface area contributed by atoms with Gasteiger partial charge in [0, 0.05) is 35.3 Å². The lowest BCUT2D eigenvalue weighted by Gasteiger charge is -2.45. The molecular weight excluding hydrogens is 398 g/mol. The Morgan fingerprint density at radius 3 is 2.80 bits per heavy atom. The minimum atomic E-state index is -0.792. The summed E-state index contributed by atoms with van der Waals surface area (Å²) in [6, 6.07) is 9.78. The number of fused-ring (bicyclic) bond motifs is 1. The Morgan fingerprint density at radius 2 is 2.00 bits per heavy atom. The van der Waals surface area contributed by atoms with Gasteiger partial charge in [-0.25, -0.2) is 9.97 Å². The molecule has 5 rings (SSSR count). The summed E-state index contributed by atoms with van der Waals surface area (Å²) in [5.74, 6) is -0.578. The smallest absolute Gasteiger partial charge is 0.239 e. The number of likely N-dealkylation sites (N-methyl/N-ethyl adjacent to an activating group) is 1. The largest absolute Gasteiger partial charge is 0.464 e. The van der Waals surface area contributed by atoms with Crippen LogP contribution in [0.1, 0.15) is 23.3 Å². The van der Waals surface area contributed by atoms with Gasteiger partial charge in [-0.1, -0.05) is 12.1 Å². The van der Waals surface area contributed by atoms with Crippen LogP contribution in [0.4, 0.5) is 0 Å². The van der Waals surface area contributed by atoms with E-state index in [1.165, 1.54) is 11.2 Å². The van der Waals surface area contributed by atoms with Gasteiger partial charge in [-0.15, -0.1) is 11.3 Å². The molecule has 30 heavy (non-hydrogen) atoms. The zero-order chi connectivity index (χ0) is 20.9. The quantitative estimate of drug-likeness (QED) is 0.526. The van der Waals surface area contributed by atoms with Crippen LogP contribution >= 0.6 is 11.3 Å². The summed E-state index contributed by atoms with van der Waals surface area (Å²) < 4.78 is 5.57. The summed E-state index contributed by atoms with van der Waals surface area (Å²) in [5, 5.41) is 14.6. The molecule has 0 bridgehead atoms. The molecule has 1 aromatic carbocycles. The number of hydrogen-bond donors (Lipinski definition) is 2. The summed E-state index contributed by atoms with van der Waals surface area (Å²) in [6.07, 6.45) is 6.67. The molecule has 1 aliphatic heterocycles. The third kappa shape index (κ3) is 2.80. The predicted octanol–water partition coefficient (Wildman–Crippen LogP) is 3.95. The summed E-state index contributed by atoms with van der Waals surface area (Å²) in [5.41, 5.74) is 2.68. The highest BCUT2D eigenvalue weighted by Gasteiger charge is 2.49. The van der Waals surface area contributed by atoms with E-state index in [0.29, 0.717) is 0 Å². The highest BCUT2D eigenvalue weighted by atomic mass is 32.1. The van der Waals surface area contributed by atoms with Crippen molar-refractivity contribution < 1.29 is 9.21 Å². The van der Waals surface area contributed by atoms with Gasteiger partial charge < -0.3 is 9.73 Å². The van der Waals surface area contributed by atoms with Crippen LogP contribution in [0.15, 0.2) is 65.1 Å². The van der Waals surface area contributed by atoms with E-state index in [9.17, 15) is 4.79 Å². The first-order chi connectivity index (χ1) is 14.5. The predicted molar refractivity (Wildman–Crippen MR) is 115 cm³/mol. The number of carbonyl (C=O) groups excluding carboxylic acids is 1. The van der Waals surface area contributed by atoms with E-state index in [0.717, 1.165) is 32.5 Å². The number of amides is 1. The zero-order valence-corrected chi connectivity index (χ0v) is 17.2. The van der Waals surface area contributed by atoms with Gasteiger partial charge in [0.25, 0.3) is 0 Å². The van der Waals surface area contributed by atoms with Crippen molar-refractivity contribution >= 4 is 34.2 Å². The van der Waals surface area contributed by atoms with Gasteiger partial charge in [-0.2, -0.15) is 0 Å². The SMILES string of the molecule is CN1C(=N)N[C@](C)(c2cc(-c3cncnc3)cs2)[C@@H](c2ccc3ccoc3c2)C1=O. The Bertz CT molecular complexity index is 1260. The van der Waals surface area contributed by atoms with Gasteiger partial charge in [-0.05, 0) is 41.6 Å². The van der Waals surface area contributed by atoms with Gasteiger partial charge >= 0.3 is 0 Å². The lowest BCUT2D eigenvalue weighted by atomic mass is 9.76. The number of rotatable bonds is 3. The first kappa shape index (κ1) is 18.5. The lowest BCUT2D eigenvalue weighted by molar-refractivity contribution is -0.131. The second-order valence-corrected chi connectivity index (χ2v) is 8.46. The number of guanidine groups is 1. The Morgan fingerprint density at radius 1 is 1.20 bits per heavy atom. The number of benzene rings is 1. The Kier molecular flexibility index (Phi) is 4.18. The van der Waals surface area contributed by atoms with Crippen molar-refractivity contribution in [3.05, 3.63) is 71.1 Å². The summed E-state index contributed by atoms with van der Waals surface area (Å²) >= 11 is 1.55. The third-order valence-electron chi connectivity index (χ3n) is 5.69. The molecule has 0 radical (unpaired) electrons. The Hall–Kier alpha value is -3.52. The fourth-order valence-corrected chi connectivity index (χ4v) is 5.06. The van der Waals surface area contributed by atoms with E-state index < -0.39 is 11.5 Å². The van der Waals surface area contributed by atoms with Crippen LogP contribution in [0.25, 0.3) is 22.1 Å². The van der Waals surface area contributed by atoms with Crippen LogP contribution in [-0.2, 0) is 10.3 Å². The molecule has 0 aliphatic carbocycles. The van der Waals surface area contributed by atoms with Crippen molar-refractivity contribution in [1.29, 1.82) is 5.41 Å². The average molecular weight is 417 g/mol. The van der Waals surface area contributed by atoms with E-state index in [1.807, 2.05) is 42.6 Å². The van der Waals surface area contributed by atoms with Gasteiger partial charge in [0.05, 0.1) is 17.7 Å². The van der Waals surface area contributed by atoms with Crippen LogP contribution in [0, 0.1) is 5.41 Å². The molecule has 0 saturated carbocycles. The summed E-state index contributed by atoms with van der Waals surface area (Å²) in [6.45, 7) is 1.97. The monoisotopic (exact) mass is 417 g/mol. The number of hydrogen-bond acceptors (Lipinski definition) is 6. The van der Waals surface area contributed by atoms with E-state index in [-0.39, 0.29) is 11.9 Å². The highest BCUT2D eigenvalue weighted by Crippen LogP contribution is 2.44. The van der Waals surface area contributed by atoms with Gasteiger partial charge in [0.1, 0.15) is 11.9 Å². The molecule has 1 saturated heterocycles. The van der Waals surface area contributed by atoms with Gasteiger partial charge in [0.2, 0.25) is 5.91 Å². The summed E-state index contributed by atoms with van der Waals surface area (Å²) in [4.78, 5) is 23.9. The molecule has 1 fully saturated rings. The number of nitrogens with zero attached hydrogens (tertiary/aromatic N) is 3. The summed E-state index contributed by atoms with van der Waals surface area (Å²) in [7, 11) is 1.62. The van der Waals surface area contributed by atoms with Gasteiger partial charge in [0.15, 0.2) is 5.96 Å². The van der Waals surface area contributed by atoms with Crippen LogP contribution in [0.2, 0.25) is 0 Å². The molecule has 0 spiro atoms. The van der Waals surface area contributed by atoms with E-state index in [4.69, 9.17) is 9.83 Å².